The van der Waals surface area contributed by atoms with E-state index < -0.39 is 7.12 Å². The highest BCUT2D eigenvalue weighted by Crippen LogP contribution is 2.37. The number of aromatic nitrogens is 9. The van der Waals surface area contributed by atoms with Gasteiger partial charge in [-0.3, -0.25) is 9.78 Å². The normalized spacial score (nSPS) is 13.8. The molecular weight excluding hydrogens is 877 g/mol. The lowest BCUT2D eigenvalue weighted by Gasteiger charge is -2.03. The Bertz CT molecular complexity index is 3290. The molecule has 4 N–H and O–H groups in total. The molecule has 18 heteroatoms. The molecule has 0 unspecified atom stereocenters. The summed E-state index contributed by atoms with van der Waals surface area (Å²) in [6.45, 7) is 0. The first-order chi connectivity index (χ1) is 33.6. The number of rotatable bonds is 9. The zero-order valence-electron chi connectivity index (χ0n) is 38.2. The van der Waals surface area contributed by atoms with E-state index in [-0.39, 0.29) is 23.7 Å². The van der Waals surface area contributed by atoms with Gasteiger partial charge in [-0.15, -0.1) is 4.68 Å². The Labute approximate surface area is 396 Å². The molecule has 69 heavy (non-hydrogen) atoms. The number of benzene rings is 3. The van der Waals surface area contributed by atoms with Crippen molar-refractivity contribution in [3.63, 3.8) is 0 Å². The molecule has 6 aromatic heterocycles. The van der Waals surface area contributed by atoms with E-state index >= 15 is 0 Å². The van der Waals surface area contributed by atoms with Gasteiger partial charge in [0.1, 0.15) is 11.4 Å². The highest BCUT2D eigenvalue weighted by atomic mass is 16.5. The predicted octanol–water partition coefficient (Wildman–Crippen LogP) is 7.89. The first-order valence-corrected chi connectivity index (χ1v) is 22.6. The van der Waals surface area contributed by atoms with Crippen LogP contribution < -0.4 is 4.68 Å². The molecule has 348 valence electrons. The summed E-state index contributed by atoms with van der Waals surface area (Å²) in [5, 5.41) is 33.9. The van der Waals surface area contributed by atoms with Crippen LogP contribution in [0.4, 0.5) is 0 Å². The molecular formula is C51H49BN9O8+. The van der Waals surface area contributed by atoms with Gasteiger partial charge in [0.2, 0.25) is 0 Å². The van der Waals surface area contributed by atoms with Crippen molar-refractivity contribution in [2.45, 2.75) is 56.4 Å². The molecule has 3 saturated carbocycles. The summed E-state index contributed by atoms with van der Waals surface area (Å²) in [6, 6.07) is 34.8. The average molecular weight is 927 g/mol. The molecule has 9 aromatic rings. The van der Waals surface area contributed by atoms with Crippen molar-refractivity contribution in [3.05, 3.63) is 144 Å². The minimum Gasteiger partial charge on any atom is -0.465 e. The van der Waals surface area contributed by atoms with E-state index in [1.165, 1.54) is 47.0 Å². The van der Waals surface area contributed by atoms with Crippen LogP contribution in [-0.2, 0) is 14.2 Å². The van der Waals surface area contributed by atoms with Gasteiger partial charge >= 0.3 is 25.0 Å². The minimum absolute atomic E-state index is 0.213. The average Bonchev–Trinajstić information content (AvgIpc) is 4.38. The number of aromatic amines is 2. The maximum Gasteiger partial charge on any atom is 0.454 e. The third-order valence-corrected chi connectivity index (χ3v) is 11.8. The van der Waals surface area contributed by atoms with Crippen LogP contribution in [0, 0.1) is 0 Å². The van der Waals surface area contributed by atoms with E-state index in [1.54, 1.807) is 42.6 Å². The van der Waals surface area contributed by atoms with Crippen LogP contribution in [0.15, 0.2) is 128 Å². The Balaban J connectivity index is 0.000000122. The van der Waals surface area contributed by atoms with E-state index in [0.717, 1.165) is 79.7 Å². The summed E-state index contributed by atoms with van der Waals surface area (Å²) in [5.74, 6) is -0.804. The number of fused-ring (bicyclic) bond motifs is 3. The van der Waals surface area contributed by atoms with Crippen LogP contribution >= 0.6 is 0 Å². The monoisotopic (exact) mass is 926 g/mol. The van der Waals surface area contributed by atoms with E-state index in [9.17, 15) is 14.4 Å². The van der Waals surface area contributed by atoms with E-state index in [2.05, 4.69) is 41.1 Å². The zero-order chi connectivity index (χ0) is 48.0. The Morgan fingerprint density at radius 3 is 1.59 bits per heavy atom. The molecule has 0 amide bonds. The van der Waals surface area contributed by atoms with Crippen molar-refractivity contribution in [2.24, 2.45) is 0 Å². The van der Waals surface area contributed by atoms with Crippen molar-refractivity contribution in [1.29, 1.82) is 0 Å². The van der Waals surface area contributed by atoms with Gasteiger partial charge in [0.15, 0.2) is 6.04 Å². The van der Waals surface area contributed by atoms with Gasteiger partial charge in [-0.05, 0) is 104 Å². The van der Waals surface area contributed by atoms with Gasteiger partial charge in [0, 0.05) is 47.5 Å². The third-order valence-electron chi connectivity index (χ3n) is 11.8. The number of carbonyl (C=O) groups excluding carboxylic acids is 3. The highest BCUT2D eigenvalue weighted by Gasteiger charge is 2.36. The molecule has 0 radical (unpaired) electrons. The van der Waals surface area contributed by atoms with Gasteiger partial charge in [-0.2, -0.15) is 15.3 Å². The zero-order valence-corrected chi connectivity index (χ0v) is 38.2. The standard InChI is InChI=1S/2C17H15N3O2.C14H11N3O2.C3H7BO2/c1-22-17(21)12-3-6-14-11(10-12)2-7-15(18-14)16-8-9-20(19-16)13-4-5-13;1-22-17(21)12-3-6-14-11(10-12)2-7-15(19-14)16-8-9-18-20(16)13-4-5-13;1-19-14(18)10-3-4-11-9(8-10)2-5-12(16-11)13-6-7-15-17-13;5-4(6)3-1-2-3/h2*2-3,6-10,13H,4-5H2,1H3;2-8H,1H3,(H,15,17);3,5-6H,1-2H2/p+1. The van der Waals surface area contributed by atoms with Gasteiger partial charge < -0.3 is 24.3 Å². The number of H-pyrrole nitrogens is 2. The van der Waals surface area contributed by atoms with Crippen LogP contribution in [0.3, 0.4) is 0 Å². The molecule has 0 bridgehead atoms. The topological polar surface area (TPSA) is 224 Å². The van der Waals surface area contributed by atoms with Crippen molar-refractivity contribution >= 4 is 57.7 Å². The largest absolute Gasteiger partial charge is 0.465 e. The Morgan fingerprint density at radius 1 is 0.609 bits per heavy atom. The summed E-state index contributed by atoms with van der Waals surface area (Å²) in [7, 11) is 3.09. The smallest absolute Gasteiger partial charge is 0.454 e. The summed E-state index contributed by atoms with van der Waals surface area (Å²) >= 11 is 0. The third kappa shape index (κ3) is 11.0. The van der Waals surface area contributed by atoms with Gasteiger partial charge in [0.05, 0.1) is 83.9 Å². The molecule has 3 aliphatic rings. The van der Waals surface area contributed by atoms with Gasteiger partial charge in [0.25, 0.3) is 5.69 Å². The number of nitrogens with one attached hydrogen (secondary N) is 2. The SMILES string of the molecule is COC(=O)c1ccc2nc(-c3cc[nH][n+]3C3CC3)ccc2c1.COC(=O)c1ccc2nc(-c3ccn(C4CC4)n3)ccc2c1.COC(=O)c1ccc2nc(-c3ccn[nH]3)ccc2c1.OB(O)C1CC1. The number of hydrogen-bond acceptors (Lipinski definition) is 13. The fourth-order valence-electron chi connectivity index (χ4n) is 7.55. The number of pyridine rings is 3. The lowest BCUT2D eigenvalue weighted by molar-refractivity contribution is -0.743. The number of ether oxygens (including phenoxy) is 3. The Kier molecular flexibility index (Phi) is 13.6. The van der Waals surface area contributed by atoms with E-state index in [1.807, 2.05) is 83.8 Å². The number of hydrogen-bond donors (Lipinski definition) is 4. The van der Waals surface area contributed by atoms with Crippen molar-refractivity contribution < 1.29 is 43.3 Å². The first-order valence-electron chi connectivity index (χ1n) is 22.6. The van der Waals surface area contributed by atoms with Crippen LogP contribution in [0.2, 0.25) is 5.82 Å². The second kappa shape index (κ2) is 20.4. The molecule has 0 saturated heterocycles. The lowest BCUT2D eigenvalue weighted by Crippen LogP contribution is -2.36. The molecule has 0 aliphatic heterocycles. The summed E-state index contributed by atoms with van der Waals surface area (Å²) in [4.78, 5) is 48.5. The van der Waals surface area contributed by atoms with Crippen LogP contribution in [0.5, 0.6) is 0 Å². The maximum atomic E-state index is 11.6. The fourth-order valence-corrected chi connectivity index (χ4v) is 7.55. The van der Waals surface area contributed by atoms with Crippen molar-refractivity contribution in [2.75, 3.05) is 21.3 Å². The second-order valence-corrected chi connectivity index (χ2v) is 16.9. The first kappa shape index (κ1) is 46.0. The predicted molar refractivity (Wildman–Crippen MR) is 258 cm³/mol. The highest BCUT2D eigenvalue weighted by molar-refractivity contribution is 6.44. The molecule has 3 fully saturated rings. The van der Waals surface area contributed by atoms with E-state index in [0.29, 0.717) is 28.8 Å². The number of methoxy groups -OCH3 is 3. The molecule has 3 aromatic carbocycles. The summed E-state index contributed by atoms with van der Waals surface area (Å²) in [5.41, 5.74) is 9.55. The molecule has 12 rings (SSSR count). The minimum atomic E-state index is -1.04. The molecule has 3 aliphatic carbocycles. The molecule has 0 spiro atoms. The second-order valence-electron chi connectivity index (χ2n) is 16.9. The van der Waals surface area contributed by atoms with Crippen molar-refractivity contribution in [1.82, 2.24) is 40.0 Å². The lowest BCUT2D eigenvalue weighted by atomic mass is 9.84. The van der Waals surface area contributed by atoms with Crippen LogP contribution in [-0.4, -0.2) is 96.4 Å². The van der Waals surface area contributed by atoms with Crippen LogP contribution in [0.1, 0.15) is 81.7 Å². The van der Waals surface area contributed by atoms with Crippen LogP contribution in [0.25, 0.3) is 66.9 Å². The van der Waals surface area contributed by atoms with Gasteiger partial charge in [-0.1, -0.05) is 31.0 Å². The summed E-state index contributed by atoms with van der Waals surface area (Å²) in [6.07, 6.45) is 12.5. The quantitative estimate of drug-likeness (QED) is 0.0468. The van der Waals surface area contributed by atoms with E-state index in [4.69, 9.17) is 29.2 Å². The number of nitrogens with zero attached hydrogens (tertiary/aromatic N) is 7. The molecule has 17 nitrogen and oxygen atoms in total. The maximum absolute atomic E-state index is 11.6. The Morgan fingerprint density at radius 2 is 1.13 bits per heavy atom. The van der Waals surface area contributed by atoms with Gasteiger partial charge in [-0.25, -0.2) is 29.3 Å². The summed E-state index contributed by atoms with van der Waals surface area (Å²) < 4.78 is 18.4. The molecule has 6 heterocycles. The number of esters is 3. The number of carbonyl (C=O) groups is 3. The van der Waals surface area contributed by atoms with Crippen molar-refractivity contribution in [3.8, 4) is 34.2 Å². The Hall–Kier alpha value is -8.09. The fraction of sp³-hybridized carbons (Fsp3) is 0.235. The molecule has 0 atom stereocenters.